The number of nitrogens with zero attached hydrogens (tertiary/aromatic N) is 1. The molecular weight excluding hydrogens is 276 g/mol. The molecule has 1 aliphatic rings. The number of nitrogens with one attached hydrogen (secondary N) is 1. The van der Waals surface area contributed by atoms with E-state index in [1.54, 1.807) is 6.07 Å². The molecule has 4 nitrogen and oxygen atoms in total. The minimum atomic E-state index is -0.135. The van der Waals surface area contributed by atoms with Crippen LogP contribution in [0.4, 0.5) is 5.82 Å². The summed E-state index contributed by atoms with van der Waals surface area (Å²) in [5.41, 5.74) is 1.000. The predicted octanol–water partition coefficient (Wildman–Crippen LogP) is 3.18. The van der Waals surface area contributed by atoms with Crippen LogP contribution in [0, 0.1) is 5.92 Å². The van der Waals surface area contributed by atoms with Crippen molar-refractivity contribution in [2.75, 3.05) is 5.32 Å². The van der Waals surface area contributed by atoms with Gasteiger partial charge in [-0.15, -0.1) is 0 Å². The van der Waals surface area contributed by atoms with Crippen molar-refractivity contribution in [1.82, 2.24) is 4.98 Å². The van der Waals surface area contributed by atoms with Crippen molar-refractivity contribution < 1.29 is 9.90 Å². The molecule has 1 fully saturated rings. The molecule has 2 atom stereocenters. The molecule has 2 unspecified atom stereocenters. The van der Waals surface area contributed by atoms with E-state index < -0.39 is 0 Å². The molecule has 1 aromatic carbocycles. The molecule has 5 heteroatoms. The van der Waals surface area contributed by atoms with Gasteiger partial charge in [-0.05, 0) is 36.1 Å². The summed E-state index contributed by atoms with van der Waals surface area (Å²) in [4.78, 5) is 16.1. The van der Waals surface area contributed by atoms with E-state index in [0.717, 1.165) is 12.0 Å². The van der Waals surface area contributed by atoms with Crippen LogP contribution < -0.4 is 5.32 Å². The van der Waals surface area contributed by atoms with Crippen molar-refractivity contribution in [1.29, 1.82) is 0 Å². The third kappa shape index (κ3) is 2.47. The van der Waals surface area contributed by atoms with Crippen LogP contribution in [0.2, 0.25) is 5.02 Å². The minimum Gasteiger partial charge on any atom is -0.504 e. The molecule has 2 N–H and O–H groups in total. The average Bonchev–Trinajstić information content (AvgIpc) is 3.22. The van der Waals surface area contributed by atoms with Crippen LogP contribution in [-0.2, 0) is 4.79 Å². The van der Waals surface area contributed by atoms with Crippen molar-refractivity contribution in [3.8, 4) is 5.75 Å². The Labute approximate surface area is 121 Å². The molecule has 20 heavy (non-hydrogen) atoms. The second-order valence-corrected chi connectivity index (χ2v) is 5.24. The summed E-state index contributed by atoms with van der Waals surface area (Å²) in [5.74, 6) is 0.0629. The zero-order chi connectivity index (χ0) is 14.1. The van der Waals surface area contributed by atoms with E-state index in [2.05, 4.69) is 10.3 Å². The lowest BCUT2D eigenvalue weighted by molar-refractivity contribution is -0.117. The fourth-order valence-electron chi connectivity index (χ4n) is 2.31. The van der Waals surface area contributed by atoms with Gasteiger partial charge in [-0.25, -0.2) is 4.98 Å². The van der Waals surface area contributed by atoms with Gasteiger partial charge in [-0.1, -0.05) is 29.8 Å². The number of amides is 1. The monoisotopic (exact) mass is 288 g/mol. The van der Waals surface area contributed by atoms with E-state index in [9.17, 15) is 9.90 Å². The number of aromatic hydroxyl groups is 1. The summed E-state index contributed by atoms with van der Waals surface area (Å²) in [6.45, 7) is 0. The van der Waals surface area contributed by atoms with E-state index in [-0.39, 0.29) is 29.3 Å². The normalized spacial score (nSPS) is 20.4. The number of carbonyl (C=O) groups is 1. The van der Waals surface area contributed by atoms with Gasteiger partial charge in [0, 0.05) is 17.1 Å². The van der Waals surface area contributed by atoms with Gasteiger partial charge in [0.15, 0.2) is 11.6 Å². The first kappa shape index (κ1) is 12.9. The summed E-state index contributed by atoms with van der Waals surface area (Å²) >= 11 is 6.13. The number of halogens is 1. The van der Waals surface area contributed by atoms with E-state index in [1.165, 1.54) is 12.3 Å². The number of rotatable bonds is 3. The highest BCUT2D eigenvalue weighted by molar-refractivity contribution is 6.31. The SMILES string of the molecule is O=C(Nc1ncccc1O)C1CC1c1ccccc1Cl. The largest absolute Gasteiger partial charge is 0.504 e. The predicted molar refractivity (Wildman–Crippen MR) is 76.8 cm³/mol. The van der Waals surface area contributed by atoms with Crippen molar-refractivity contribution in [3.63, 3.8) is 0 Å². The Morgan fingerprint density at radius 3 is 2.85 bits per heavy atom. The van der Waals surface area contributed by atoms with Gasteiger partial charge in [0.2, 0.25) is 5.91 Å². The molecule has 3 rings (SSSR count). The highest BCUT2D eigenvalue weighted by atomic mass is 35.5. The zero-order valence-corrected chi connectivity index (χ0v) is 11.3. The van der Waals surface area contributed by atoms with Crippen molar-refractivity contribution in [2.45, 2.75) is 12.3 Å². The van der Waals surface area contributed by atoms with Gasteiger partial charge in [0.05, 0.1) is 0 Å². The Morgan fingerprint density at radius 1 is 1.30 bits per heavy atom. The lowest BCUT2D eigenvalue weighted by atomic mass is 10.1. The van der Waals surface area contributed by atoms with Gasteiger partial charge in [-0.3, -0.25) is 4.79 Å². The Balaban J connectivity index is 1.69. The molecule has 1 heterocycles. The van der Waals surface area contributed by atoms with Gasteiger partial charge in [-0.2, -0.15) is 0 Å². The van der Waals surface area contributed by atoms with E-state index in [1.807, 2.05) is 24.3 Å². The maximum Gasteiger partial charge on any atom is 0.229 e. The molecule has 2 aromatic rings. The third-order valence-corrected chi connectivity index (χ3v) is 3.80. The lowest BCUT2D eigenvalue weighted by Crippen LogP contribution is -2.15. The van der Waals surface area contributed by atoms with Gasteiger partial charge >= 0.3 is 0 Å². The number of pyridine rings is 1. The van der Waals surface area contributed by atoms with Crippen LogP contribution in [0.3, 0.4) is 0 Å². The standard InChI is InChI=1S/C15H13ClN2O2/c16-12-5-2-1-4-9(12)10-8-11(10)15(20)18-14-13(19)6-3-7-17-14/h1-7,10-11,19H,8H2,(H,17,18,20). The van der Waals surface area contributed by atoms with Crippen LogP contribution >= 0.6 is 11.6 Å². The summed E-state index contributed by atoms with van der Waals surface area (Å²) in [7, 11) is 0. The number of anilines is 1. The first-order valence-corrected chi connectivity index (χ1v) is 6.74. The second kappa shape index (κ2) is 5.13. The van der Waals surface area contributed by atoms with E-state index >= 15 is 0 Å². The van der Waals surface area contributed by atoms with E-state index in [4.69, 9.17) is 11.6 Å². The van der Waals surface area contributed by atoms with Crippen LogP contribution in [0.25, 0.3) is 0 Å². The number of carbonyl (C=O) groups excluding carboxylic acids is 1. The molecule has 1 saturated carbocycles. The molecule has 0 bridgehead atoms. The Morgan fingerprint density at radius 2 is 2.10 bits per heavy atom. The average molecular weight is 289 g/mol. The number of hydrogen-bond donors (Lipinski definition) is 2. The number of benzene rings is 1. The molecule has 0 aliphatic heterocycles. The van der Waals surface area contributed by atoms with Crippen LogP contribution in [0.5, 0.6) is 5.75 Å². The third-order valence-electron chi connectivity index (χ3n) is 3.46. The van der Waals surface area contributed by atoms with Gasteiger partial charge < -0.3 is 10.4 Å². The molecule has 1 aliphatic carbocycles. The first-order valence-electron chi connectivity index (χ1n) is 6.36. The molecule has 0 radical (unpaired) electrons. The second-order valence-electron chi connectivity index (χ2n) is 4.83. The highest BCUT2D eigenvalue weighted by Crippen LogP contribution is 2.50. The fraction of sp³-hybridized carbons (Fsp3) is 0.200. The number of aromatic nitrogens is 1. The summed E-state index contributed by atoms with van der Waals surface area (Å²) < 4.78 is 0. The van der Waals surface area contributed by atoms with Crippen LogP contribution in [0.1, 0.15) is 17.9 Å². The van der Waals surface area contributed by atoms with Crippen LogP contribution in [0.15, 0.2) is 42.6 Å². The molecule has 1 amide bonds. The summed E-state index contributed by atoms with van der Waals surface area (Å²) in [6, 6.07) is 10.7. The molecule has 102 valence electrons. The van der Waals surface area contributed by atoms with Gasteiger partial charge in [0.25, 0.3) is 0 Å². The molecular formula is C15H13ClN2O2. The maximum absolute atomic E-state index is 12.1. The van der Waals surface area contributed by atoms with Crippen LogP contribution in [-0.4, -0.2) is 16.0 Å². The van der Waals surface area contributed by atoms with E-state index in [0.29, 0.717) is 5.02 Å². The van der Waals surface area contributed by atoms with Crippen molar-refractivity contribution in [2.24, 2.45) is 5.92 Å². The molecule has 0 spiro atoms. The Bertz CT molecular complexity index is 660. The summed E-state index contributed by atoms with van der Waals surface area (Å²) in [5, 5.41) is 12.9. The lowest BCUT2D eigenvalue weighted by Gasteiger charge is -2.06. The Kier molecular flexibility index (Phi) is 3.32. The van der Waals surface area contributed by atoms with Crippen molar-refractivity contribution >= 4 is 23.3 Å². The van der Waals surface area contributed by atoms with Crippen molar-refractivity contribution in [3.05, 3.63) is 53.2 Å². The first-order chi connectivity index (χ1) is 9.66. The smallest absolute Gasteiger partial charge is 0.229 e. The Hall–Kier alpha value is -2.07. The highest BCUT2D eigenvalue weighted by Gasteiger charge is 2.45. The summed E-state index contributed by atoms with van der Waals surface area (Å²) in [6.07, 6.45) is 2.29. The topological polar surface area (TPSA) is 62.2 Å². The van der Waals surface area contributed by atoms with Gasteiger partial charge in [0.1, 0.15) is 0 Å². The quantitative estimate of drug-likeness (QED) is 0.912. The fourth-order valence-corrected chi connectivity index (χ4v) is 2.58. The minimum absolute atomic E-state index is 0.0317. The maximum atomic E-state index is 12.1. The zero-order valence-electron chi connectivity index (χ0n) is 10.6. The molecule has 0 saturated heterocycles. The molecule has 1 aromatic heterocycles. The number of hydrogen-bond acceptors (Lipinski definition) is 3.